The monoisotopic (exact) mass is 931 g/mol. The first-order chi connectivity index (χ1) is 30.9. The molecule has 0 radical (unpaired) electrons. The van der Waals surface area contributed by atoms with Crippen molar-refractivity contribution in [2.45, 2.75) is 256 Å². The van der Waals surface area contributed by atoms with E-state index in [4.69, 9.17) is 18.5 Å². The Kier molecular flexibility index (Phi) is 37.7. The molecule has 0 amide bonds. The fraction of sp³-hybridized carbons (Fsp3) is 0.840. The van der Waals surface area contributed by atoms with Gasteiger partial charge in [-0.25, -0.2) is 4.57 Å². The summed E-state index contributed by atoms with van der Waals surface area (Å²) in [6.45, 7) is 3.21. The Hall–Kier alpha value is -1.93. The van der Waals surface area contributed by atoms with Gasteiger partial charge in [0.05, 0.1) is 6.61 Å². The van der Waals surface area contributed by atoms with Gasteiger partial charge < -0.3 is 39.9 Å². The Labute approximate surface area is 387 Å². The number of rotatable bonds is 42. The summed E-state index contributed by atoms with van der Waals surface area (Å²) in [5.41, 5.74) is 0. The normalized spacial score (nSPS) is 21.8. The number of carbonyl (C=O) groups is 2. The van der Waals surface area contributed by atoms with Gasteiger partial charge in [0.2, 0.25) is 0 Å². The molecule has 1 saturated carbocycles. The van der Waals surface area contributed by atoms with Crippen LogP contribution in [-0.2, 0) is 32.7 Å². The minimum Gasteiger partial charge on any atom is -0.462 e. The van der Waals surface area contributed by atoms with Crippen LogP contribution in [-0.4, -0.2) is 98.3 Å². The third kappa shape index (κ3) is 31.9. The predicted molar refractivity (Wildman–Crippen MR) is 253 cm³/mol. The van der Waals surface area contributed by atoms with E-state index in [1.807, 2.05) is 0 Å². The number of ether oxygens (including phenoxy) is 2. The van der Waals surface area contributed by atoms with Crippen LogP contribution in [0.1, 0.15) is 213 Å². The maximum atomic E-state index is 12.8. The van der Waals surface area contributed by atoms with Crippen molar-refractivity contribution in [3.63, 3.8) is 0 Å². The van der Waals surface area contributed by atoms with Crippen LogP contribution in [0.5, 0.6) is 0 Å². The van der Waals surface area contributed by atoms with E-state index in [1.54, 1.807) is 0 Å². The van der Waals surface area contributed by atoms with Gasteiger partial charge in [-0.15, -0.1) is 0 Å². The molecular weight excluding hydrogens is 840 g/mol. The van der Waals surface area contributed by atoms with Crippen molar-refractivity contribution in [2.75, 3.05) is 13.2 Å². The van der Waals surface area contributed by atoms with Crippen molar-refractivity contribution >= 4 is 19.8 Å². The number of aliphatic hydroxyl groups excluding tert-OH is 5. The second kappa shape index (κ2) is 40.2. The highest BCUT2D eigenvalue weighted by Crippen LogP contribution is 2.47. The molecule has 0 bridgehead atoms. The Morgan fingerprint density at radius 2 is 0.891 bits per heavy atom. The van der Waals surface area contributed by atoms with Crippen LogP contribution in [0, 0.1) is 0 Å². The van der Waals surface area contributed by atoms with Gasteiger partial charge in [-0.1, -0.05) is 192 Å². The lowest BCUT2D eigenvalue weighted by atomic mass is 9.85. The van der Waals surface area contributed by atoms with E-state index in [1.165, 1.54) is 89.9 Å². The predicted octanol–water partition coefficient (Wildman–Crippen LogP) is 10.6. The zero-order valence-electron chi connectivity index (χ0n) is 39.8. The van der Waals surface area contributed by atoms with Crippen LogP contribution in [0.4, 0.5) is 0 Å². The third-order valence-corrected chi connectivity index (χ3v) is 12.7. The largest absolute Gasteiger partial charge is 0.472 e. The van der Waals surface area contributed by atoms with Crippen LogP contribution < -0.4 is 0 Å². The van der Waals surface area contributed by atoms with Gasteiger partial charge >= 0.3 is 19.8 Å². The van der Waals surface area contributed by atoms with Crippen molar-refractivity contribution in [1.82, 2.24) is 0 Å². The molecule has 64 heavy (non-hydrogen) atoms. The summed E-state index contributed by atoms with van der Waals surface area (Å²) in [5, 5.41) is 50.2. The number of phosphoric acid groups is 1. The van der Waals surface area contributed by atoms with Gasteiger partial charge in [0.1, 0.15) is 43.2 Å². The molecular formula is C50H91O13P. The topological polar surface area (TPSA) is 210 Å². The molecule has 0 aliphatic heterocycles. The molecule has 1 fully saturated rings. The van der Waals surface area contributed by atoms with Crippen molar-refractivity contribution < 1.29 is 63.1 Å². The second-order valence-electron chi connectivity index (χ2n) is 17.7. The first-order valence-corrected chi connectivity index (χ1v) is 26.8. The molecule has 0 heterocycles. The lowest BCUT2D eigenvalue weighted by molar-refractivity contribution is -0.220. The standard InChI is InChI=1S/C50H91O13P/c1-3-5-7-9-11-13-15-17-19-21-23-24-26-28-30-32-34-36-38-43(51)60-40-42(41-61-64(58,59)63-50-48(56)46(54)45(53)47(55)49(50)57)62-44(52)39-37-35-33-31-29-27-25-22-20-18-16-14-12-10-8-6-4-2/h6,8,12,14,18,20,42,45-50,53-57H,3-5,7,9-11,13,15-17,19,21-41H2,1-2H3,(H,58,59)/b8-6-,14-12-,20-18-. The number of unbranched alkanes of at least 4 members (excludes halogenated alkanes) is 24. The van der Waals surface area contributed by atoms with Gasteiger partial charge in [-0.2, -0.15) is 0 Å². The van der Waals surface area contributed by atoms with Gasteiger partial charge in [0.25, 0.3) is 0 Å². The quantitative estimate of drug-likeness (QED) is 0.0146. The molecule has 6 unspecified atom stereocenters. The van der Waals surface area contributed by atoms with Gasteiger partial charge in [-0.05, 0) is 44.9 Å². The van der Waals surface area contributed by atoms with Gasteiger partial charge in [0.15, 0.2) is 6.10 Å². The maximum absolute atomic E-state index is 12.8. The molecule has 1 aliphatic carbocycles. The summed E-state index contributed by atoms with van der Waals surface area (Å²) in [6, 6.07) is 0. The molecule has 1 aliphatic rings. The van der Waals surface area contributed by atoms with E-state index in [9.17, 15) is 44.6 Å². The third-order valence-electron chi connectivity index (χ3n) is 11.7. The zero-order valence-corrected chi connectivity index (χ0v) is 40.7. The average Bonchev–Trinajstić information content (AvgIpc) is 3.28. The SMILES string of the molecule is CC/C=C\C/C=C\C/C=C\CCCCCCCCCC(=O)OC(COC(=O)CCCCCCCCCCCCCCCCCCCC)COP(=O)(O)OC1C(O)C(O)C(O)C(O)C1O. The van der Waals surface area contributed by atoms with Crippen molar-refractivity contribution in [2.24, 2.45) is 0 Å². The molecule has 1 rings (SSSR count). The van der Waals surface area contributed by atoms with Crippen LogP contribution in [0.2, 0.25) is 0 Å². The molecule has 0 aromatic heterocycles. The molecule has 13 nitrogen and oxygen atoms in total. The van der Waals surface area contributed by atoms with Crippen LogP contribution in [0.25, 0.3) is 0 Å². The van der Waals surface area contributed by atoms with Crippen molar-refractivity contribution in [3.8, 4) is 0 Å². The van der Waals surface area contributed by atoms with E-state index >= 15 is 0 Å². The minimum atomic E-state index is -5.12. The van der Waals surface area contributed by atoms with Crippen LogP contribution >= 0.6 is 7.82 Å². The molecule has 6 atom stereocenters. The summed E-state index contributed by atoms with van der Waals surface area (Å²) in [4.78, 5) is 35.8. The Bertz CT molecular complexity index is 1260. The van der Waals surface area contributed by atoms with E-state index in [-0.39, 0.29) is 12.8 Å². The number of carbonyl (C=O) groups excluding carboxylic acids is 2. The average molecular weight is 931 g/mol. The molecule has 0 saturated heterocycles. The van der Waals surface area contributed by atoms with Crippen LogP contribution in [0.15, 0.2) is 36.5 Å². The summed E-state index contributed by atoms with van der Waals surface area (Å²) in [6.07, 6.45) is 33.3. The van der Waals surface area contributed by atoms with E-state index in [0.29, 0.717) is 12.8 Å². The first-order valence-electron chi connectivity index (χ1n) is 25.3. The zero-order chi connectivity index (χ0) is 47.1. The van der Waals surface area contributed by atoms with E-state index in [2.05, 4.69) is 50.3 Å². The molecule has 6 N–H and O–H groups in total. The molecule has 0 aromatic carbocycles. The number of allylic oxidation sites excluding steroid dienone is 6. The number of aliphatic hydroxyl groups is 5. The van der Waals surface area contributed by atoms with E-state index in [0.717, 1.165) is 83.5 Å². The second-order valence-corrected chi connectivity index (χ2v) is 19.1. The van der Waals surface area contributed by atoms with Gasteiger partial charge in [0, 0.05) is 12.8 Å². The van der Waals surface area contributed by atoms with Crippen LogP contribution in [0.3, 0.4) is 0 Å². The number of hydrogen-bond acceptors (Lipinski definition) is 12. The molecule has 0 spiro atoms. The Morgan fingerprint density at radius 3 is 1.36 bits per heavy atom. The van der Waals surface area contributed by atoms with Gasteiger partial charge in [-0.3, -0.25) is 18.6 Å². The summed E-state index contributed by atoms with van der Waals surface area (Å²) >= 11 is 0. The highest BCUT2D eigenvalue weighted by Gasteiger charge is 2.51. The fourth-order valence-electron chi connectivity index (χ4n) is 7.72. The van der Waals surface area contributed by atoms with E-state index < -0.39 is 75.7 Å². The summed E-state index contributed by atoms with van der Waals surface area (Å²) in [7, 11) is -5.12. The molecule has 374 valence electrons. The van der Waals surface area contributed by atoms with Crippen molar-refractivity contribution in [1.29, 1.82) is 0 Å². The Balaban J connectivity index is 2.40. The number of esters is 2. The summed E-state index contributed by atoms with van der Waals surface area (Å²) < 4.78 is 33.6. The Morgan fingerprint density at radius 1 is 0.500 bits per heavy atom. The fourth-order valence-corrected chi connectivity index (χ4v) is 8.69. The first kappa shape index (κ1) is 60.1. The lowest BCUT2D eigenvalue weighted by Crippen LogP contribution is -2.64. The smallest absolute Gasteiger partial charge is 0.462 e. The highest BCUT2D eigenvalue weighted by atomic mass is 31.2. The van der Waals surface area contributed by atoms with Crippen molar-refractivity contribution in [3.05, 3.63) is 36.5 Å². The number of hydrogen-bond donors (Lipinski definition) is 6. The highest BCUT2D eigenvalue weighted by molar-refractivity contribution is 7.47. The molecule has 0 aromatic rings. The summed E-state index contributed by atoms with van der Waals surface area (Å²) in [5.74, 6) is -1.10. The minimum absolute atomic E-state index is 0.0870. The molecule has 14 heteroatoms. The number of phosphoric ester groups is 1. The lowest BCUT2D eigenvalue weighted by Gasteiger charge is -2.41. The maximum Gasteiger partial charge on any atom is 0.472 e.